The molecular formula is C16H15BrN2O. The second-order valence-corrected chi connectivity index (χ2v) is 5.52. The van der Waals surface area contributed by atoms with Gasteiger partial charge in [-0.05, 0) is 49.2 Å². The molecule has 4 heteroatoms. The Kier molecular flexibility index (Phi) is 4.43. The number of nitriles is 1. The lowest BCUT2D eigenvalue weighted by Gasteiger charge is -2.12. The van der Waals surface area contributed by atoms with Crippen molar-refractivity contribution in [3.8, 4) is 17.6 Å². The molecule has 0 aliphatic heterocycles. The number of nitrogens with two attached hydrogens (primary N) is 1. The fraction of sp³-hybridized carbons (Fsp3) is 0.188. The molecule has 0 heterocycles. The van der Waals surface area contributed by atoms with Crippen molar-refractivity contribution < 1.29 is 4.74 Å². The second-order valence-electron chi connectivity index (χ2n) is 4.67. The van der Waals surface area contributed by atoms with Crippen molar-refractivity contribution in [1.82, 2.24) is 0 Å². The Balaban J connectivity index is 2.31. The van der Waals surface area contributed by atoms with Crippen LogP contribution >= 0.6 is 15.9 Å². The zero-order valence-electron chi connectivity index (χ0n) is 11.4. The zero-order valence-corrected chi connectivity index (χ0v) is 12.9. The Labute approximate surface area is 127 Å². The minimum Gasteiger partial charge on any atom is -0.457 e. The molecule has 0 spiro atoms. The monoisotopic (exact) mass is 330 g/mol. The van der Waals surface area contributed by atoms with Gasteiger partial charge in [-0.3, -0.25) is 0 Å². The lowest BCUT2D eigenvalue weighted by molar-refractivity contribution is 0.478. The molecule has 0 saturated heterocycles. The van der Waals surface area contributed by atoms with Gasteiger partial charge in [-0.15, -0.1) is 0 Å². The highest BCUT2D eigenvalue weighted by atomic mass is 79.9. The van der Waals surface area contributed by atoms with Crippen LogP contribution in [0, 0.1) is 18.3 Å². The van der Waals surface area contributed by atoms with Crippen molar-refractivity contribution in [2.45, 2.75) is 19.9 Å². The molecule has 0 radical (unpaired) electrons. The van der Waals surface area contributed by atoms with Gasteiger partial charge < -0.3 is 10.5 Å². The van der Waals surface area contributed by atoms with Crippen LogP contribution in [0.4, 0.5) is 0 Å². The van der Waals surface area contributed by atoms with Gasteiger partial charge in [0.25, 0.3) is 0 Å². The molecule has 0 amide bonds. The second kappa shape index (κ2) is 6.08. The maximum atomic E-state index is 8.93. The lowest BCUT2D eigenvalue weighted by Crippen LogP contribution is -2.05. The molecule has 0 bridgehead atoms. The number of hydrogen-bond acceptors (Lipinski definition) is 3. The number of aryl methyl sites for hydroxylation is 1. The third-order valence-electron chi connectivity index (χ3n) is 3.01. The van der Waals surface area contributed by atoms with E-state index in [1.54, 1.807) is 12.1 Å². The van der Waals surface area contributed by atoms with Crippen molar-refractivity contribution in [2.75, 3.05) is 0 Å². The van der Waals surface area contributed by atoms with Crippen LogP contribution in [0.5, 0.6) is 11.5 Å². The van der Waals surface area contributed by atoms with Crippen LogP contribution in [-0.2, 0) is 0 Å². The maximum Gasteiger partial charge on any atom is 0.131 e. The lowest BCUT2D eigenvalue weighted by atomic mass is 10.1. The van der Waals surface area contributed by atoms with E-state index in [1.165, 1.54) is 0 Å². The van der Waals surface area contributed by atoms with Crippen LogP contribution in [-0.4, -0.2) is 0 Å². The van der Waals surface area contributed by atoms with Crippen LogP contribution in [0.2, 0.25) is 0 Å². The first-order valence-corrected chi connectivity index (χ1v) is 7.04. The third kappa shape index (κ3) is 3.19. The first kappa shape index (κ1) is 14.6. The Morgan fingerprint density at radius 2 is 2.00 bits per heavy atom. The van der Waals surface area contributed by atoms with E-state index in [0.29, 0.717) is 17.1 Å². The van der Waals surface area contributed by atoms with E-state index in [2.05, 4.69) is 22.0 Å². The Bertz CT molecular complexity index is 675. The average Bonchev–Trinajstić information content (AvgIpc) is 2.41. The van der Waals surface area contributed by atoms with Gasteiger partial charge in [0.2, 0.25) is 0 Å². The number of rotatable bonds is 3. The van der Waals surface area contributed by atoms with Crippen LogP contribution in [0.15, 0.2) is 40.9 Å². The van der Waals surface area contributed by atoms with Crippen molar-refractivity contribution >= 4 is 15.9 Å². The minimum absolute atomic E-state index is 0.0397. The first-order valence-electron chi connectivity index (χ1n) is 6.25. The first-order chi connectivity index (χ1) is 9.51. The SMILES string of the molecule is Cc1ccc(C#N)cc1Oc1ccc(C(C)N)c(Br)c1. The van der Waals surface area contributed by atoms with Crippen molar-refractivity contribution in [3.05, 3.63) is 57.6 Å². The standard InChI is InChI=1S/C16H15BrN2O/c1-10-3-4-12(9-18)7-16(10)20-13-5-6-14(11(2)19)15(17)8-13/h3-8,11H,19H2,1-2H3. The number of halogens is 1. The van der Waals surface area contributed by atoms with E-state index in [9.17, 15) is 0 Å². The van der Waals surface area contributed by atoms with Gasteiger partial charge in [0.1, 0.15) is 11.5 Å². The van der Waals surface area contributed by atoms with Gasteiger partial charge in [-0.1, -0.05) is 28.1 Å². The summed E-state index contributed by atoms with van der Waals surface area (Å²) < 4.78 is 6.76. The molecule has 0 aliphatic carbocycles. The molecule has 0 aromatic heterocycles. The van der Waals surface area contributed by atoms with Gasteiger partial charge in [0, 0.05) is 10.5 Å². The fourth-order valence-corrected chi connectivity index (χ4v) is 2.57. The molecule has 3 nitrogen and oxygen atoms in total. The Hall–Kier alpha value is -1.83. The molecule has 2 rings (SSSR count). The smallest absolute Gasteiger partial charge is 0.131 e. The van der Waals surface area contributed by atoms with Gasteiger partial charge >= 0.3 is 0 Å². The van der Waals surface area contributed by atoms with Gasteiger partial charge in [-0.25, -0.2) is 0 Å². The largest absolute Gasteiger partial charge is 0.457 e. The summed E-state index contributed by atoms with van der Waals surface area (Å²) in [5.41, 5.74) is 8.46. The van der Waals surface area contributed by atoms with Crippen molar-refractivity contribution in [2.24, 2.45) is 5.73 Å². The summed E-state index contributed by atoms with van der Waals surface area (Å²) in [5.74, 6) is 1.39. The average molecular weight is 331 g/mol. The summed E-state index contributed by atoms with van der Waals surface area (Å²) >= 11 is 3.50. The van der Waals surface area contributed by atoms with Crippen molar-refractivity contribution in [3.63, 3.8) is 0 Å². The van der Waals surface area contributed by atoms with E-state index in [4.69, 9.17) is 15.7 Å². The molecule has 0 fully saturated rings. The summed E-state index contributed by atoms with van der Waals surface area (Å²) in [6.07, 6.45) is 0. The van der Waals surface area contributed by atoms with E-state index < -0.39 is 0 Å². The molecule has 102 valence electrons. The quantitative estimate of drug-likeness (QED) is 0.904. The molecule has 2 N–H and O–H groups in total. The van der Waals surface area contributed by atoms with E-state index >= 15 is 0 Å². The highest BCUT2D eigenvalue weighted by Gasteiger charge is 2.08. The summed E-state index contributed by atoms with van der Waals surface area (Å²) in [6.45, 7) is 3.88. The summed E-state index contributed by atoms with van der Waals surface area (Å²) in [6, 6.07) is 13.2. The summed E-state index contributed by atoms with van der Waals surface area (Å²) in [5, 5.41) is 8.93. The zero-order chi connectivity index (χ0) is 14.7. The number of nitrogens with zero attached hydrogens (tertiary/aromatic N) is 1. The van der Waals surface area contributed by atoms with E-state index in [0.717, 1.165) is 15.6 Å². The summed E-state index contributed by atoms with van der Waals surface area (Å²) in [7, 11) is 0. The van der Waals surface area contributed by atoms with Gasteiger partial charge in [0.05, 0.1) is 11.6 Å². The van der Waals surface area contributed by atoms with Crippen molar-refractivity contribution in [1.29, 1.82) is 5.26 Å². The third-order valence-corrected chi connectivity index (χ3v) is 3.69. The van der Waals surface area contributed by atoms with Crippen LogP contribution in [0.1, 0.15) is 29.7 Å². The van der Waals surface area contributed by atoms with E-state index in [1.807, 2.05) is 38.1 Å². The normalized spacial score (nSPS) is 11.8. The van der Waals surface area contributed by atoms with E-state index in [-0.39, 0.29) is 6.04 Å². The fourth-order valence-electron chi connectivity index (χ4n) is 1.85. The molecule has 1 unspecified atom stereocenters. The molecule has 20 heavy (non-hydrogen) atoms. The topological polar surface area (TPSA) is 59.0 Å². The number of ether oxygens (including phenoxy) is 1. The number of hydrogen-bond donors (Lipinski definition) is 1. The summed E-state index contributed by atoms with van der Waals surface area (Å²) in [4.78, 5) is 0. The molecule has 1 atom stereocenters. The minimum atomic E-state index is -0.0397. The van der Waals surface area contributed by atoms with Gasteiger partial charge in [0.15, 0.2) is 0 Å². The predicted octanol–water partition coefficient (Wildman–Crippen LogP) is 4.44. The number of benzene rings is 2. The van der Waals surface area contributed by atoms with Crippen LogP contribution < -0.4 is 10.5 Å². The highest BCUT2D eigenvalue weighted by Crippen LogP contribution is 2.31. The molecule has 2 aromatic rings. The van der Waals surface area contributed by atoms with Crippen LogP contribution in [0.3, 0.4) is 0 Å². The van der Waals surface area contributed by atoms with Gasteiger partial charge in [-0.2, -0.15) is 5.26 Å². The maximum absolute atomic E-state index is 8.93. The highest BCUT2D eigenvalue weighted by molar-refractivity contribution is 9.10. The Morgan fingerprint density at radius 3 is 2.60 bits per heavy atom. The molecule has 0 aliphatic rings. The molecule has 0 saturated carbocycles. The molecular weight excluding hydrogens is 316 g/mol. The predicted molar refractivity (Wildman–Crippen MR) is 82.7 cm³/mol. The van der Waals surface area contributed by atoms with Crippen LogP contribution in [0.25, 0.3) is 0 Å². The Morgan fingerprint density at radius 1 is 1.25 bits per heavy atom. The molecule has 2 aromatic carbocycles.